The maximum Gasteiger partial charge on any atom is 0.416 e. The van der Waals surface area contributed by atoms with Crippen LogP contribution in [0.3, 0.4) is 0 Å². The van der Waals surface area contributed by atoms with Crippen molar-refractivity contribution in [3.05, 3.63) is 65.2 Å². The molecular weight excluding hydrogens is 333 g/mol. The summed E-state index contributed by atoms with van der Waals surface area (Å²) in [4.78, 5) is 12.3. The second-order valence-electron chi connectivity index (χ2n) is 5.69. The molecule has 1 heterocycles. The standard InChI is InChI=1S/C18H15F3N2O2/c19-18(20,21)15-4-2-1-3-13(15)11-17(25)23-10-9-16(22-23)12-5-7-14(24)8-6-12/h1-8,24H,9-11H2. The van der Waals surface area contributed by atoms with E-state index in [0.29, 0.717) is 18.7 Å². The summed E-state index contributed by atoms with van der Waals surface area (Å²) in [5.41, 5.74) is 0.569. The molecule has 2 aromatic rings. The van der Waals surface area contributed by atoms with Crippen molar-refractivity contribution in [1.82, 2.24) is 5.01 Å². The number of carbonyl (C=O) groups is 1. The molecule has 4 nitrogen and oxygen atoms in total. The number of phenols is 1. The molecule has 2 aromatic carbocycles. The summed E-state index contributed by atoms with van der Waals surface area (Å²) in [6, 6.07) is 11.5. The van der Waals surface area contributed by atoms with Gasteiger partial charge in [-0.2, -0.15) is 18.3 Å². The molecule has 0 unspecified atom stereocenters. The van der Waals surface area contributed by atoms with Crippen LogP contribution in [-0.4, -0.2) is 28.3 Å². The van der Waals surface area contributed by atoms with Crippen LogP contribution in [0.15, 0.2) is 53.6 Å². The van der Waals surface area contributed by atoms with Crippen molar-refractivity contribution in [1.29, 1.82) is 0 Å². The molecule has 0 spiro atoms. The lowest BCUT2D eigenvalue weighted by molar-refractivity contribution is -0.138. The van der Waals surface area contributed by atoms with Crippen LogP contribution in [-0.2, 0) is 17.4 Å². The Bertz CT molecular complexity index is 814. The molecule has 1 aliphatic rings. The molecule has 0 atom stereocenters. The van der Waals surface area contributed by atoms with E-state index in [4.69, 9.17) is 0 Å². The van der Waals surface area contributed by atoms with Gasteiger partial charge in [-0.05, 0) is 41.5 Å². The molecule has 1 amide bonds. The highest BCUT2D eigenvalue weighted by atomic mass is 19.4. The number of phenolic OH excluding ortho intramolecular Hbond substituents is 1. The first-order chi connectivity index (χ1) is 11.8. The molecule has 0 saturated carbocycles. The van der Waals surface area contributed by atoms with Gasteiger partial charge < -0.3 is 5.11 Å². The zero-order chi connectivity index (χ0) is 18.0. The van der Waals surface area contributed by atoms with Gasteiger partial charge in [0.15, 0.2) is 0 Å². The Morgan fingerprint density at radius 1 is 1.12 bits per heavy atom. The van der Waals surface area contributed by atoms with Crippen molar-refractivity contribution < 1.29 is 23.1 Å². The number of alkyl halides is 3. The Kier molecular flexibility index (Phi) is 4.48. The van der Waals surface area contributed by atoms with Crippen LogP contribution in [0.5, 0.6) is 5.75 Å². The minimum absolute atomic E-state index is 0.0618. The van der Waals surface area contributed by atoms with Crippen LogP contribution in [0.4, 0.5) is 13.2 Å². The van der Waals surface area contributed by atoms with Gasteiger partial charge >= 0.3 is 6.18 Å². The number of rotatable bonds is 3. The molecule has 1 aliphatic heterocycles. The molecule has 0 bridgehead atoms. The van der Waals surface area contributed by atoms with Crippen molar-refractivity contribution in [2.24, 2.45) is 5.10 Å². The van der Waals surface area contributed by atoms with Gasteiger partial charge in [0.05, 0.1) is 24.2 Å². The lowest BCUT2D eigenvalue weighted by Gasteiger charge is -2.15. The lowest BCUT2D eigenvalue weighted by atomic mass is 10.0. The minimum atomic E-state index is -4.50. The number of hydrogen-bond donors (Lipinski definition) is 1. The summed E-state index contributed by atoms with van der Waals surface area (Å²) in [5, 5.41) is 14.7. The zero-order valence-electron chi connectivity index (χ0n) is 13.1. The maximum absolute atomic E-state index is 13.0. The first-order valence-corrected chi connectivity index (χ1v) is 7.67. The average Bonchev–Trinajstić information content (AvgIpc) is 3.05. The molecule has 0 radical (unpaired) electrons. The second kappa shape index (κ2) is 6.58. The Hall–Kier alpha value is -2.83. The van der Waals surface area contributed by atoms with Gasteiger partial charge in [-0.1, -0.05) is 18.2 Å². The lowest BCUT2D eigenvalue weighted by Crippen LogP contribution is -2.26. The normalized spacial score (nSPS) is 14.5. The van der Waals surface area contributed by atoms with E-state index in [1.807, 2.05) is 0 Å². The number of amides is 1. The smallest absolute Gasteiger partial charge is 0.416 e. The van der Waals surface area contributed by atoms with E-state index >= 15 is 0 Å². The summed E-state index contributed by atoms with van der Waals surface area (Å²) in [5.74, 6) is -0.357. The Morgan fingerprint density at radius 2 is 1.80 bits per heavy atom. The summed E-state index contributed by atoms with van der Waals surface area (Å²) in [6.07, 6.45) is -4.35. The van der Waals surface area contributed by atoms with E-state index in [0.717, 1.165) is 11.6 Å². The van der Waals surface area contributed by atoms with Crippen LogP contribution in [0.1, 0.15) is 23.1 Å². The third kappa shape index (κ3) is 3.81. The molecule has 0 aliphatic carbocycles. The summed E-state index contributed by atoms with van der Waals surface area (Å²) in [7, 11) is 0. The third-order valence-electron chi connectivity index (χ3n) is 3.95. The summed E-state index contributed by atoms with van der Waals surface area (Å²) in [6.45, 7) is 0.323. The fourth-order valence-electron chi connectivity index (χ4n) is 2.70. The topological polar surface area (TPSA) is 52.9 Å². The van der Waals surface area contributed by atoms with Crippen LogP contribution < -0.4 is 0 Å². The molecule has 0 aromatic heterocycles. The van der Waals surface area contributed by atoms with E-state index in [9.17, 15) is 23.1 Å². The van der Waals surface area contributed by atoms with Crippen molar-refractivity contribution in [3.63, 3.8) is 0 Å². The van der Waals surface area contributed by atoms with Crippen LogP contribution in [0, 0.1) is 0 Å². The first kappa shape index (κ1) is 17.0. The average molecular weight is 348 g/mol. The van der Waals surface area contributed by atoms with Crippen LogP contribution in [0.25, 0.3) is 0 Å². The van der Waals surface area contributed by atoms with Gasteiger partial charge in [0.25, 0.3) is 0 Å². The highest BCUT2D eigenvalue weighted by Crippen LogP contribution is 2.32. The quantitative estimate of drug-likeness (QED) is 0.922. The molecule has 3 rings (SSSR count). The zero-order valence-corrected chi connectivity index (χ0v) is 13.1. The third-order valence-corrected chi connectivity index (χ3v) is 3.95. The van der Waals surface area contributed by atoms with Gasteiger partial charge in [0.2, 0.25) is 5.91 Å². The Balaban J connectivity index is 1.76. The number of carbonyl (C=O) groups excluding carboxylic acids is 1. The molecule has 0 saturated heterocycles. The molecule has 7 heteroatoms. The maximum atomic E-state index is 13.0. The highest BCUT2D eigenvalue weighted by molar-refractivity contribution is 6.02. The van der Waals surface area contributed by atoms with E-state index < -0.39 is 17.6 Å². The van der Waals surface area contributed by atoms with Gasteiger partial charge in [-0.15, -0.1) is 0 Å². The van der Waals surface area contributed by atoms with E-state index in [1.165, 1.54) is 35.3 Å². The number of hydrazone groups is 1. The minimum Gasteiger partial charge on any atom is -0.508 e. The van der Waals surface area contributed by atoms with Crippen molar-refractivity contribution in [2.45, 2.75) is 19.0 Å². The molecule has 130 valence electrons. The molecular formula is C18H15F3N2O2. The van der Waals surface area contributed by atoms with E-state index in [1.54, 1.807) is 12.1 Å². The van der Waals surface area contributed by atoms with Gasteiger partial charge in [-0.25, -0.2) is 5.01 Å². The fourth-order valence-corrected chi connectivity index (χ4v) is 2.70. The number of halogens is 3. The van der Waals surface area contributed by atoms with Crippen LogP contribution in [0.2, 0.25) is 0 Å². The number of aromatic hydroxyl groups is 1. The van der Waals surface area contributed by atoms with Gasteiger partial charge in [0.1, 0.15) is 5.75 Å². The van der Waals surface area contributed by atoms with Crippen molar-refractivity contribution >= 4 is 11.6 Å². The number of hydrogen-bond acceptors (Lipinski definition) is 3. The largest absolute Gasteiger partial charge is 0.508 e. The predicted octanol–water partition coefficient (Wildman–Crippen LogP) is 3.59. The monoisotopic (exact) mass is 348 g/mol. The van der Waals surface area contributed by atoms with Crippen LogP contribution >= 0.6 is 0 Å². The van der Waals surface area contributed by atoms with Gasteiger partial charge in [0, 0.05) is 6.42 Å². The van der Waals surface area contributed by atoms with Crippen molar-refractivity contribution in [2.75, 3.05) is 6.54 Å². The highest BCUT2D eigenvalue weighted by Gasteiger charge is 2.34. The van der Waals surface area contributed by atoms with E-state index in [-0.39, 0.29) is 17.7 Å². The molecule has 0 fully saturated rings. The number of nitrogens with zero attached hydrogens (tertiary/aromatic N) is 2. The molecule has 25 heavy (non-hydrogen) atoms. The van der Waals surface area contributed by atoms with Gasteiger partial charge in [-0.3, -0.25) is 4.79 Å². The first-order valence-electron chi connectivity index (χ1n) is 7.67. The molecule has 1 N–H and O–H groups in total. The number of benzene rings is 2. The Labute approximate surface area is 142 Å². The second-order valence-corrected chi connectivity index (χ2v) is 5.69. The Morgan fingerprint density at radius 3 is 2.48 bits per heavy atom. The SMILES string of the molecule is O=C(Cc1ccccc1C(F)(F)F)N1CCC(c2ccc(O)cc2)=N1. The predicted molar refractivity (Wildman–Crippen MR) is 86.1 cm³/mol. The van der Waals surface area contributed by atoms with Crippen molar-refractivity contribution in [3.8, 4) is 5.75 Å². The summed E-state index contributed by atoms with van der Waals surface area (Å²) < 4.78 is 39.1. The fraction of sp³-hybridized carbons (Fsp3) is 0.222. The summed E-state index contributed by atoms with van der Waals surface area (Å²) >= 11 is 0. The van der Waals surface area contributed by atoms with E-state index in [2.05, 4.69) is 5.10 Å².